The second kappa shape index (κ2) is 6.23. The van der Waals surface area contributed by atoms with Gasteiger partial charge < -0.3 is 10.7 Å². The van der Waals surface area contributed by atoms with Crippen LogP contribution in [0.1, 0.15) is 23.0 Å². The number of imidazole rings is 1. The molecule has 4 rings (SSSR count). The molecule has 25 heavy (non-hydrogen) atoms. The van der Waals surface area contributed by atoms with E-state index < -0.39 is 0 Å². The van der Waals surface area contributed by atoms with Crippen LogP contribution < -0.4 is 5.73 Å². The predicted octanol–water partition coefficient (Wildman–Crippen LogP) is 4.15. The van der Waals surface area contributed by atoms with Crippen molar-refractivity contribution in [1.82, 2.24) is 9.97 Å². The second-order valence-electron chi connectivity index (χ2n) is 5.93. The van der Waals surface area contributed by atoms with Gasteiger partial charge in [-0.25, -0.2) is 4.98 Å². The summed E-state index contributed by atoms with van der Waals surface area (Å²) in [4.78, 5) is 7.99. The van der Waals surface area contributed by atoms with Crippen LogP contribution in [0.15, 0.2) is 72.8 Å². The molecule has 0 fully saturated rings. The number of fused-ring (bicyclic) bond motifs is 1. The first-order valence-electron chi connectivity index (χ1n) is 8.05. The van der Waals surface area contributed by atoms with Gasteiger partial charge in [0.05, 0.1) is 28.7 Å². The van der Waals surface area contributed by atoms with E-state index in [0.717, 1.165) is 33.5 Å². The number of aromatic nitrogens is 2. The molecule has 0 saturated heterocycles. The minimum atomic E-state index is -0.285. The number of nitrogens with two attached hydrogens (primary N) is 1. The number of H-pyrrole nitrogens is 1. The molecule has 0 aliphatic carbocycles. The molecule has 0 radical (unpaired) electrons. The average Bonchev–Trinajstić information content (AvgIpc) is 3.11. The summed E-state index contributed by atoms with van der Waals surface area (Å²) in [6, 6.07) is 25.4. The molecule has 0 amide bonds. The highest BCUT2D eigenvalue weighted by Gasteiger charge is 2.13. The van der Waals surface area contributed by atoms with Crippen molar-refractivity contribution in [3.8, 4) is 17.2 Å². The van der Waals surface area contributed by atoms with Gasteiger partial charge in [-0.15, -0.1) is 0 Å². The molecule has 4 heteroatoms. The number of nitrogens with one attached hydrogen (secondary N) is 1. The number of hydrogen-bond donors (Lipinski definition) is 2. The van der Waals surface area contributed by atoms with Crippen LogP contribution in [-0.2, 0) is 0 Å². The second-order valence-corrected chi connectivity index (χ2v) is 5.93. The summed E-state index contributed by atoms with van der Waals surface area (Å²) in [6.45, 7) is 0. The highest BCUT2D eigenvalue weighted by molar-refractivity contribution is 5.82. The Kier molecular flexibility index (Phi) is 3.77. The number of aromatic amines is 1. The minimum absolute atomic E-state index is 0.285. The predicted molar refractivity (Wildman–Crippen MR) is 98.7 cm³/mol. The van der Waals surface area contributed by atoms with Gasteiger partial charge in [-0.3, -0.25) is 0 Å². The summed E-state index contributed by atoms with van der Waals surface area (Å²) < 4.78 is 0. The van der Waals surface area contributed by atoms with Crippen LogP contribution in [0.2, 0.25) is 0 Å². The molecule has 0 bridgehead atoms. The third kappa shape index (κ3) is 2.89. The third-order valence-electron chi connectivity index (χ3n) is 4.30. The molecule has 4 nitrogen and oxygen atoms in total. The highest BCUT2D eigenvalue weighted by Crippen LogP contribution is 2.26. The van der Waals surface area contributed by atoms with Gasteiger partial charge in [-0.2, -0.15) is 5.26 Å². The zero-order valence-corrected chi connectivity index (χ0v) is 13.5. The van der Waals surface area contributed by atoms with Gasteiger partial charge in [0, 0.05) is 0 Å². The van der Waals surface area contributed by atoms with E-state index in [1.807, 2.05) is 72.8 Å². The van der Waals surface area contributed by atoms with E-state index in [1.165, 1.54) is 0 Å². The van der Waals surface area contributed by atoms with E-state index in [0.29, 0.717) is 5.56 Å². The van der Waals surface area contributed by atoms with Gasteiger partial charge in [0.2, 0.25) is 0 Å². The lowest BCUT2D eigenvalue weighted by Gasteiger charge is -2.08. The molecule has 1 atom stereocenters. The Morgan fingerprint density at radius 2 is 1.64 bits per heavy atom. The maximum Gasteiger partial charge on any atom is 0.128 e. The van der Waals surface area contributed by atoms with Crippen LogP contribution in [0.3, 0.4) is 0 Å². The molecule has 0 aliphatic heterocycles. The standard InChI is InChI=1S/C21H16N4/c22-13-14-6-8-15(9-7-14)17-10-11-18-19(12-17)25-21(24-18)20(23)16-4-2-1-3-5-16/h1-12,20H,23H2,(H,24,25)/t20-/m1/s1. The quantitative estimate of drug-likeness (QED) is 0.594. The van der Waals surface area contributed by atoms with Gasteiger partial charge in [-0.1, -0.05) is 48.5 Å². The maximum atomic E-state index is 8.91. The fraction of sp³-hybridized carbons (Fsp3) is 0.0476. The van der Waals surface area contributed by atoms with Crippen LogP contribution in [0.25, 0.3) is 22.2 Å². The lowest BCUT2D eigenvalue weighted by Crippen LogP contribution is -2.13. The average molecular weight is 324 g/mol. The zero-order chi connectivity index (χ0) is 17.2. The molecule has 1 aromatic heterocycles. The zero-order valence-electron chi connectivity index (χ0n) is 13.5. The van der Waals surface area contributed by atoms with Gasteiger partial charge >= 0.3 is 0 Å². The first-order valence-corrected chi connectivity index (χ1v) is 8.05. The number of nitrogens with zero attached hydrogens (tertiary/aromatic N) is 2. The van der Waals surface area contributed by atoms with Gasteiger partial charge in [0.15, 0.2) is 0 Å². The van der Waals surface area contributed by atoms with E-state index in [9.17, 15) is 0 Å². The van der Waals surface area contributed by atoms with Crippen molar-refractivity contribution in [3.63, 3.8) is 0 Å². The van der Waals surface area contributed by atoms with Crippen molar-refractivity contribution in [2.45, 2.75) is 6.04 Å². The molecular formula is C21H16N4. The van der Waals surface area contributed by atoms with Crippen molar-refractivity contribution < 1.29 is 0 Å². The lowest BCUT2D eigenvalue weighted by molar-refractivity contribution is 0.806. The van der Waals surface area contributed by atoms with Crippen molar-refractivity contribution in [3.05, 3.63) is 89.7 Å². The summed E-state index contributed by atoms with van der Waals surface area (Å²) >= 11 is 0. The van der Waals surface area contributed by atoms with E-state index in [-0.39, 0.29) is 6.04 Å². The maximum absolute atomic E-state index is 8.91. The molecule has 0 aliphatic rings. The number of hydrogen-bond acceptors (Lipinski definition) is 3. The molecule has 120 valence electrons. The van der Waals surface area contributed by atoms with Crippen molar-refractivity contribution >= 4 is 11.0 Å². The van der Waals surface area contributed by atoms with Crippen LogP contribution >= 0.6 is 0 Å². The SMILES string of the molecule is N#Cc1ccc(-c2ccc3[nH]c([C@H](N)c4ccccc4)nc3c2)cc1. The van der Waals surface area contributed by atoms with Crippen molar-refractivity contribution in [1.29, 1.82) is 5.26 Å². The Hall–Kier alpha value is -3.42. The summed E-state index contributed by atoms with van der Waals surface area (Å²) in [7, 11) is 0. The Balaban J connectivity index is 1.71. The van der Waals surface area contributed by atoms with Crippen molar-refractivity contribution in [2.24, 2.45) is 5.73 Å². The lowest BCUT2D eigenvalue weighted by atomic mass is 10.0. The summed E-state index contributed by atoms with van der Waals surface area (Å²) in [6.07, 6.45) is 0. The van der Waals surface area contributed by atoms with E-state index >= 15 is 0 Å². The van der Waals surface area contributed by atoms with Gasteiger partial charge in [-0.05, 0) is 41.0 Å². The molecular weight excluding hydrogens is 308 g/mol. The fourth-order valence-electron chi connectivity index (χ4n) is 2.91. The van der Waals surface area contributed by atoms with Crippen LogP contribution in [0.5, 0.6) is 0 Å². The Bertz CT molecular complexity index is 1060. The number of benzene rings is 3. The van der Waals surface area contributed by atoms with Crippen LogP contribution in [0.4, 0.5) is 0 Å². The molecule has 3 aromatic carbocycles. The molecule has 3 N–H and O–H groups in total. The van der Waals surface area contributed by atoms with Crippen LogP contribution in [0, 0.1) is 11.3 Å². The van der Waals surface area contributed by atoms with E-state index in [2.05, 4.69) is 16.0 Å². The summed E-state index contributed by atoms with van der Waals surface area (Å²) in [5.74, 6) is 0.748. The van der Waals surface area contributed by atoms with Gasteiger partial charge in [0.25, 0.3) is 0 Å². The fourth-order valence-corrected chi connectivity index (χ4v) is 2.91. The first-order chi connectivity index (χ1) is 12.2. The number of rotatable bonds is 3. The highest BCUT2D eigenvalue weighted by atomic mass is 15.0. The Labute approximate surface area is 145 Å². The smallest absolute Gasteiger partial charge is 0.128 e. The number of nitriles is 1. The van der Waals surface area contributed by atoms with Gasteiger partial charge in [0.1, 0.15) is 5.82 Å². The summed E-state index contributed by atoms with van der Waals surface area (Å²) in [5, 5.41) is 8.91. The Morgan fingerprint density at radius 1 is 0.920 bits per heavy atom. The molecule has 0 unspecified atom stereocenters. The van der Waals surface area contributed by atoms with Crippen molar-refractivity contribution in [2.75, 3.05) is 0 Å². The summed E-state index contributed by atoms with van der Waals surface area (Å²) in [5.41, 5.74) is 12.0. The largest absolute Gasteiger partial charge is 0.340 e. The first kappa shape index (κ1) is 15.1. The topological polar surface area (TPSA) is 78.5 Å². The monoisotopic (exact) mass is 324 g/mol. The van der Waals surface area contributed by atoms with E-state index in [1.54, 1.807) is 0 Å². The minimum Gasteiger partial charge on any atom is -0.340 e. The normalized spacial score (nSPS) is 12.0. The van der Waals surface area contributed by atoms with E-state index in [4.69, 9.17) is 11.0 Å². The van der Waals surface area contributed by atoms with Crippen LogP contribution in [-0.4, -0.2) is 9.97 Å². The molecule has 4 aromatic rings. The molecule has 1 heterocycles. The third-order valence-corrected chi connectivity index (χ3v) is 4.30. The molecule has 0 saturated carbocycles. The molecule has 0 spiro atoms. The Morgan fingerprint density at radius 3 is 2.36 bits per heavy atom.